The number of nitrogens with one attached hydrogen (secondary N) is 2. The number of carboxylic acids is 1. The second kappa shape index (κ2) is 6.24. The number of hydrogen-bond donors (Lipinski definition) is 3. The Hall–Kier alpha value is -1.59. The van der Waals surface area contributed by atoms with E-state index in [1.165, 1.54) is 0 Å². The minimum Gasteiger partial charge on any atom is -0.481 e. The van der Waals surface area contributed by atoms with Gasteiger partial charge in [0, 0.05) is 25.4 Å². The summed E-state index contributed by atoms with van der Waals surface area (Å²) < 4.78 is 0. The molecule has 1 saturated heterocycles. The molecule has 2 fully saturated rings. The van der Waals surface area contributed by atoms with E-state index in [0.717, 1.165) is 25.7 Å². The lowest BCUT2D eigenvalue weighted by atomic mass is 9.79. The topological polar surface area (TPSA) is 95.5 Å². The molecule has 20 heavy (non-hydrogen) atoms. The Balaban J connectivity index is 1.85. The normalized spacial score (nSPS) is 25.0. The predicted octanol–water partition coefficient (Wildman–Crippen LogP) is 0.806. The van der Waals surface area contributed by atoms with Gasteiger partial charge in [0.05, 0.1) is 6.42 Å². The van der Waals surface area contributed by atoms with E-state index < -0.39 is 5.97 Å². The highest BCUT2D eigenvalue weighted by atomic mass is 16.4. The van der Waals surface area contributed by atoms with Crippen molar-refractivity contribution in [3.63, 3.8) is 0 Å². The summed E-state index contributed by atoms with van der Waals surface area (Å²) in [6.07, 6.45) is 5.07. The lowest BCUT2D eigenvalue weighted by Gasteiger charge is -2.29. The van der Waals surface area contributed by atoms with Crippen LogP contribution in [0.25, 0.3) is 0 Å². The fourth-order valence-corrected chi connectivity index (χ4v) is 3.34. The van der Waals surface area contributed by atoms with Gasteiger partial charge in [0.15, 0.2) is 0 Å². The molecule has 0 bridgehead atoms. The van der Waals surface area contributed by atoms with Crippen LogP contribution in [0.4, 0.5) is 0 Å². The van der Waals surface area contributed by atoms with Crippen LogP contribution in [0.1, 0.15) is 51.4 Å². The zero-order valence-corrected chi connectivity index (χ0v) is 11.6. The monoisotopic (exact) mass is 282 g/mol. The number of hydrogen-bond acceptors (Lipinski definition) is 3. The molecule has 1 saturated carbocycles. The van der Waals surface area contributed by atoms with Gasteiger partial charge in [0.25, 0.3) is 0 Å². The molecule has 3 N–H and O–H groups in total. The van der Waals surface area contributed by atoms with Crippen LogP contribution in [0.3, 0.4) is 0 Å². The molecule has 2 amide bonds. The zero-order chi connectivity index (χ0) is 14.6. The average Bonchev–Trinajstić information content (AvgIpc) is 2.79. The minimum absolute atomic E-state index is 0.0219. The molecule has 0 aromatic rings. The molecule has 1 unspecified atom stereocenters. The third kappa shape index (κ3) is 3.95. The Bertz CT molecular complexity index is 392. The maximum absolute atomic E-state index is 12.1. The summed E-state index contributed by atoms with van der Waals surface area (Å²) in [5.41, 5.74) is -0.367. The van der Waals surface area contributed by atoms with Crippen LogP contribution in [-0.4, -0.2) is 35.5 Å². The van der Waals surface area contributed by atoms with Gasteiger partial charge in [-0.25, -0.2) is 0 Å². The van der Waals surface area contributed by atoms with E-state index in [2.05, 4.69) is 10.6 Å². The fraction of sp³-hybridized carbons (Fsp3) is 0.786. The molecule has 0 radical (unpaired) electrons. The maximum Gasteiger partial charge on any atom is 0.303 e. The molecule has 6 nitrogen and oxygen atoms in total. The Morgan fingerprint density at radius 1 is 1.30 bits per heavy atom. The lowest BCUT2D eigenvalue weighted by molar-refractivity contribution is -0.140. The number of piperidine rings is 1. The molecule has 0 aromatic heterocycles. The van der Waals surface area contributed by atoms with Gasteiger partial charge in [-0.05, 0) is 24.7 Å². The van der Waals surface area contributed by atoms with E-state index in [4.69, 9.17) is 5.11 Å². The third-order valence-electron chi connectivity index (χ3n) is 4.36. The van der Waals surface area contributed by atoms with Gasteiger partial charge in [-0.15, -0.1) is 0 Å². The van der Waals surface area contributed by atoms with Crippen LogP contribution >= 0.6 is 0 Å². The predicted molar refractivity (Wildman–Crippen MR) is 71.9 cm³/mol. The van der Waals surface area contributed by atoms with Crippen LogP contribution in [-0.2, 0) is 14.4 Å². The first-order chi connectivity index (χ1) is 9.49. The van der Waals surface area contributed by atoms with Crippen LogP contribution in [0.2, 0.25) is 0 Å². The van der Waals surface area contributed by atoms with E-state index in [9.17, 15) is 14.4 Å². The standard InChI is InChI=1S/C14H22N2O4/c17-11-4-3-10(9-15-11)16-12(18)7-14(8-13(19)20)5-1-2-6-14/h10H,1-9H2,(H,15,17)(H,16,18)(H,19,20). The SMILES string of the molecule is O=C(O)CC1(CC(=O)NC2CCC(=O)NC2)CCCC1. The van der Waals surface area contributed by atoms with Crippen LogP contribution < -0.4 is 10.6 Å². The highest BCUT2D eigenvalue weighted by Crippen LogP contribution is 2.44. The summed E-state index contributed by atoms with van der Waals surface area (Å²) in [5, 5.41) is 14.7. The summed E-state index contributed by atoms with van der Waals surface area (Å²) in [7, 11) is 0. The van der Waals surface area contributed by atoms with Gasteiger partial charge in [-0.2, -0.15) is 0 Å². The average molecular weight is 282 g/mol. The number of rotatable bonds is 5. The van der Waals surface area contributed by atoms with Crippen molar-refractivity contribution in [2.45, 2.75) is 57.4 Å². The number of carbonyl (C=O) groups excluding carboxylic acids is 2. The number of carbonyl (C=O) groups is 3. The molecule has 2 rings (SSSR count). The van der Waals surface area contributed by atoms with E-state index >= 15 is 0 Å². The number of aliphatic carboxylic acids is 1. The zero-order valence-electron chi connectivity index (χ0n) is 11.6. The molecule has 1 aliphatic carbocycles. The molecule has 2 aliphatic rings. The Kier molecular flexibility index (Phi) is 4.62. The second-order valence-corrected chi connectivity index (χ2v) is 6.06. The molecule has 1 heterocycles. The first kappa shape index (κ1) is 14.8. The quantitative estimate of drug-likeness (QED) is 0.695. The van der Waals surface area contributed by atoms with Crippen molar-refractivity contribution in [1.82, 2.24) is 10.6 Å². The minimum atomic E-state index is -0.829. The third-order valence-corrected chi connectivity index (χ3v) is 4.36. The molecule has 6 heteroatoms. The van der Waals surface area contributed by atoms with Crippen molar-refractivity contribution in [2.24, 2.45) is 5.41 Å². The molecule has 0 spiro atoms. The van der Waals surface area contributed by atoms with E-state index in [1.54, 1.807) is 0 Å². The summed E-state index contributed by atoms with van der Waals surface area (Å²) in [6, 6.07) is -0.0246. The van der Waals surface area contributed by atoms with Crippen LogP contribution in [0, 0.1) is 5.41 Å². The van der Waals surface area contributed by atoms with Crippen molar-refractivity contribution in [2.75, 3.05) is 6.54 Å². The summed E-state index contributed by atoms with van der Waals surface area (Å²) in [5.74, 6) is -0.896. The van der Waals surface area contributed by atoms with Crippen molar-refractivity contribution >= 4 is 17.8 Å². The first-order valence-corrected chi connectivity index (χ1v) is 7.27. The largest absolute Gasteiger partial charge is 0.481 e. The van der Waals surface area contributed by atoms with Crippen molar-refractivity contribution < 1.29 is 19.5 Å². The Labute approximate surface area is 118 Å². The lowest BCUT2D eigenvalue weighted by Crippen LogP contribution is -2.48. The molecular weight excluding hydrogens is 260 g/mol. The summed E-state index contributed by atoms with van der Waals surface area (Å²) in [4.78, 5) is 34.2. The number of amides is 2. The van der Waals surface area contributed by atoms with Gasteiger partial charge < -0.3 is 15.7 Å². The summed E-state index contributed by atoms with van der Waals surface area (Å²) in [6.45, 7) is 0.469. The van der Waals surface area contributed by atoms with Crippen molar-refractivity contribution in [1.29, 1.82) is 0 Å². The van der Waals surface area contributed by atoms with Crippen LogP contribution in [0.5, 0.6) is 0 Å². The maximum atomic E-state index is 12.1. The summed E-state index contributed by atoms with van der Waals surface area (Å²) >= 11 is 0. The van der Waals surface area contributed by atoms with Crippen LogP contribution in [0.15, 0.2) is 0 Å². The Morgan fingerprint density at radius 2 is 2.00 bits per heavy atom. The Morgan fingerprint density at radius 3 is 2.55 bits per heavy atom. The second-order valence-electron chi connectivity index (χ2n) is 6.06. The molecular formula is C14H22N2O4. The number of carboxylic acid groups (broad SMARTS) is 1. The molecule has 112 valence electrons. The van der Waals surface area contributed by atoms with Crippen molar-refractivity contribution in [3.8, 4) is 0 Å². The fourth-order valence-electron chi connectivity index (χ4n) is 3.34. The van der Waals surface area contributed by atoms with E-state index in [0.29, 0.717) is 19.4 Å². The van der Waals surface area contributed by atoms with Crippen molar-refractivity contribution in [3.05, 3.63) is 0 Å². The van der Waals surface area contributed by atoms with Gasteiger partial charge in [-0.1, -0.05) is 12.8 Å². The molecule has 1 aliphatic heterocycles. The van der Waals surface area contributed by atoms with Gasteiger partial charge in [-0.3, -0.25) is 14.4 Å². The first-order valence-electron chi connectivity index (χ1n) is 7.27. The van der Waals surface area contributed by atoms with E-state index in [1.807, 2.05) is 0 Å². The van der Waals surface area contributed by atoms with Gasteiger partial charge >= 0.3 is 5.97 Å². The highest BCUT2D eigenvalue weighted by Gasteiger charge is 2.38. The molecule has 1 atom stereocenters. The van der Waals surface area contributed by atoms with Gasteiger partial charge in [0.2, 0.25) is 11.8 Å². The van der Waals surface area contributed by atoms with E-state index in [-0.39, 0.29) is 36.1 Å². The van der Waals surface area contributed by atoms with Gasteiger partial charge in [0.1, 0.15) is 0 Å². The molecule has 0 aromatic carbocycles. The highest BCUT2D eigenvalue weighted by molar-refractivity contribution is 5.80. The smallest absolute Gasteiger partial charge is 0.303 e.